The predicted molar refractivity (Wildman–Crippen MR) is 69.8 cm³/mol. The van der Waals surface area contributed by atoms with E-state index < -0.39 is 0 Å². The number of Topliss-reactive ketones (excluding diaryl/α,β-unsaturated/α-hetero) is 2. The molecule has 0 saturated carbocycles. The van der Waals surface area contributed by atoms with Gasteiger partial charge >= 0.3 is 0 Å². The van der Waals surface area contributed by atoms with Gasteiger partial charge in [0.25, 0.3) is 0 Å². The fraction of sp³-hybridized carbons (Fsp3) is 0.429. The summed E-state index contributed by atoms with van der Waals surface area (Å²) in [7, 11) is 0. The van der Waals surface area contributed by atoms with Gasteiger partial charge in [-0.25, -0.2) is 0 Å². The number of carbonyl (C=O) groups excluding carboxylic acids is 2. The summed E-state index contributed by atoms with van der Waals surface area (Å²) in [6.45, 7) is 9.09. The van der Waals surface area contributed by atoms with Crippen molar-refractivity contribution in [3.8, 4) is 0 Å². The van der Waals surface area contributed by atoms with Crippen LogP contribution in [0.5, 0.6) is 0 Å². The maximum Gasteiger partial charge on any atom is 0.159 e. The number of anilines is 1. The zero-order valence-corrected chi connectivity index (χ0v) is 11.0. The van der Waals surface area contributed by atoms with Crippen molar-refractivity contribution in [1.82, 2.24) is 0 Å². The van der Waals surface area contributed by atoms with Gasteiger partial charge in [-0.3, -0.25) is 9.59 Å². The molecule has 92 valence electrons. The molecule has 0 spiro atoms. The molecule has 0 aliphatic heterocycles. The first kappa shape index (κ1) is 13.4. The first-order valence-corrected chi connectivity index (χ1v) is 5.64. The molecule has 0 unspecified atom stereocenters. The van der Waals surface area contributed by atoms with Gasteiger partial charge in [0.05, 0.1) is 0 Å². The second kappa shape index (κ2) is 4.70. The van der Waals surface area contributed by atoms with Gasteiger partial charge in [-0.2, -0.15) is 0 Å². The molecule has 1 aromatic carbocycles. The third-order valence-electron chi connectivity index (χ3n) is 2.27. The number of ketones is 2. The largest absolute Gasteiger partial charge is 0.380 e. The van der Waals surface area contributed by atoms with Crippen LogP contribution in [-0.4, -0.2) is 17.1 Å². The molecule has 3 nitrogen and oxygen atoms in total. The van der Waals surface area contributed by atoms with Crippen molar-refractivity contribution >= 4 is 17.3 Å². The predicted octanol–water partition coefficient (Wildman–Crippen LogP) is 3.30. The monoisotopic (exact) mass is 233 g/mol. The second-order valence-corrected chi connectivity index (χ2v) is 5.29. The molecule has 1 N–H and O–H groups in total. The van der Waals surface area contributed by atoms with Crippen molar-refractivity contribution in [3.63, 3.8) is 0 Å². The third-order valence-corrected chi connectivity index (χ3v) is 2.27. The summed E-state index contributed by atoms with van der Waals surface area (Å²) in [6.07, 6.45) is 0. The molecule has 0 heterocycles. The van der Waals surface area contributed by atoms with Crippen LogP contribution in [0.4, 0.5) is 5.69 Å². The SMILES string of the molecule is CC(=O)c1cc(NC(C)(C)C)cc(C(C)=O)c1. The summed E-state index contributed by atoms with van der Waals surface area (Å²) < 4.78 is 0. The van der Waals surface area contributed by atoms with E-state index in [1.165, 1.54) is 13.8 Å². The zero-order chi connectivity index (χ0) is 13.2. The Kier molecular flexibility index (Phi) is 3.71. The molecule has 1 aromatic rings. The van der Waals surface area contributed by atoms with E-state index in [2.05, 4.69) is 5.32 Å². The number of rotatable bonds is 3. The Hall–Kier alpha value is -1.64. The first-order valence-electron chi connectivity index (χ1n) is 5.64. The number of nitrogens with one attached hydrogen (secondary N) is 1. The molecule has 0 radical (unpaired) electrons. The van der Waals surface area contributed by atoms with E-state index in [4.69, 9.17) is 0 Å². The minimum absolute atomic E-state index is 0.0370. The van der Waals surface area contributed by atoms with E-state index in [0.717, 1.165) is 5.69 Å². The van der Waals surface area contributed by atoms with Crippen LogP contribution in [0.25, 0.3) is 0 Å². The molecule has 0 aliphatic rings. The van der Waals surface area contributed by atoms with E-state index in [1.807, 2.05) is 20.8 Å². The standard InChI is InChI=1S/C14H19NO2/c1-9(16)11-6-12(10(2)17)8-13(7-11)15-14(3,4)5/h6-8,15H,1-5H3. The Labute approximate surface area is 102 Å². The Morgan fingerprint density at radius 2 is 1.35 bits per heavy atom. The summed E-state index contributed by atoms with van der Waals surface area (Å²) in [5, 5.41) is 3.27. The van der Waals surface area contributed by atoms with Gasteiger partial charge < -0.3 is 5.32 Å². The fourth-order valence-corrected chi connectivity index (χ4v) is 1.54. The summed E-state index contributed by atoms with van der Waals surface area (Å²) >= 11 is 0. The summed E-state index contributed by atoms with van der Waals surface area (Å²) in [5.41, 5.74) is 1.81. The molecular formula is C14H19NO2. The van der Waals surface area contributed by atoms with E-state index in [-0.39, 0.29) is 17.1 Å². The van der Waals surface area contributed by atoms with Crippen LogP contribution in [0.1, 0.15) is 55.3 Å². The molecular weight excluding hydrogens is 214 g/mol. The molecule has 0 saturated heterocycles. The van der Waals surface area contributed by atoms with Crippen LogP contribution in [0, 0.1) is 0 Å². The normalized spacial score (nSPS) is 11.1. The smallest absolute Gasteiger partial charge is 0.159 e. The van der Waals surface area contributed by atoms with Crippen molar-refractivity contribution < 1.29 is 9.59 Å². The minimum Gasteiger partial charge on any atom is -0.380 e. The van der Waals surface area contributed by atoms with Crippen molar-refractivity contribution in [2.45, 2.75) is 40.2 Å². The summed E-state index contributed by atoms with van der Waals surface area (Å²) in [4.78, 5) is 22.8. The molecule has 0 aromatic heterocycles. The molecule has 0 fully saturated rings. The van der Waals surface area contributed by atoms with Crippen LogP contribution >= 0.6 is 0 Å². The van der Waals surface area contributed by atoms with Gasteiger partial charge in [0.15, 0.2) is 11.6 Å². The molecule has 0 atom stereocenters. The molecule has 1 rings (SSSR count). The highest BCUT2D eigenvalue weighted by atomic mass is 16.1. The molecule has 3 heteroatoms. The van der Waals surface area contributed by atoms with Gasteiger partial charge in [0, 0.05) is 22.4 Å². The van der Waals surface area contributed by atoms with Crippen molar-refractivity contribution in [1.29, 1.82) is 0 Å². The van der Waals surface area contributed by atoms with Crippen molar-refractivity contribution in [2.75, 3.05) is 5.32 Å². The maximum atomic E-state index is 11.4. The van der Waals surface area contributed by atoms with E-state index in [9.17, 15) is 9.59 Å². The highest BCUT2D eigenvalue weighted by Crippen LogP contribution is 2.20. The Bertz CT molecular complexity index is 424. The topological polar surface area (TPSA) is 46.2 Å². The number of hydrogen-bond donors (Lipinski definition) is 1. The highest BCUT2D eigenvalue weighted by Gasteiger charge is 2.13. The molecule has 0 aliphatic carbocycles. The lowest BCUT2D eigenvalue weighted by Gasteiger charge is -2.22. The number of hydrogen-bond acceptors (Lipinski definition) is 3. The average molecular weight is 233 g/mol. The van der Waals surface area contributed by atoms with E-state index in [1.54, 1.807) is 18.2 Å². The lowest BCUT2D eigenvalue weighted by atomic mass is 10.0. The Balaban J connectivity index is 3.22. The van der Waals surface area contributed by atoms with Gasteiger partial charge in [0.1, 0.15) is 0 Å². The number of carbonyl (C=O) groups is 2. The van der Waals surface area contributed by atoms with Gasteiger partial charge in [0.2, 0.25) is 0 Å². The van der Waals surface area contributed by atoms with Gasteiger partial charge in [-0.05, 0) is 52.8 Å². The van der Waals surface area contributed by atoms with Crippen LogP contribution in [0.2, 0.25) is 0 Å². The second-order valence-electron chi connectivity index (χ2n) is 5.29. The van der Waals surface area contributed by atoms with Crippen LogP contribution in [0.3, 0.4) is 0 Å². The summed E-state index contributed by atoms with van der Waals surface area (Å²) in [6, 6.07) is 5.19. The minimum atomic E-state index is -0.108. The maximum absolute atomic E-state index is 11.4. The fourth-order valence-electron chi connectivity index (χ4n) is 1.54. The molecule has 0 bridgehead atoms. The van der Waals surface area contributed by atoms with Gasteiger partial charge in [-0.1, -0.05) is 0 Å². The van der Waals surface area contributed by atoms with E-state index in [0.29, 0.717) is 11.1 Å². The van der Waals surface area contributed by atoms with Gasteiger partial charge in [-0.15, -0.1) is 0 Å². The number of benzene rings is 1. The van der Waals surface area contributed by atoms with Crippen LogP contribution in [0.15, 0.2) is 18.2 Å². The third kappa shape index (κ3) is 4.02. The molecule has 0 amide bonds. The van der Waals surface area contributed by atoms with Crippen molar-refractivity contribution in [2.24, 2.45) is 0 Å². The first-order chi connectivity index (χ1) is 7.69. The zero-order valence-electron chi connectivity index (χ0n) is 11.0. The summed E-state index contributed by atoms with van der Waals surface area (Å²) in [5.74, 6) is -0.0740. The lowest BCUT2D eigenvalue weighted by Crippen LogP contribution is -2.26. The van der Waals surface area contributed by atoms with Crippen LogP contribution in [-0.2, 0) is 0 Å². The quantitative estimate of drug-likeness (QED) is 0.815. The highest BCUT2D eigenvalue weighted by molar-refractivity contribution is 6.01. The lowest BCUT2D eigenvalue weighted by molar-refractivity contribution is 0.101. The van der Waals surface area contributed by atoms with Crippen molar-refractivity contribution in [3.05, 3.63) is 29.3 Å². The van der Waals surface area contributed by atoms with E-state index >= 15 is 0 Å². The molecule has 17 heavy (non-hydrogen) atoms. The van der Waals surface area contributed by atoms with Crippen LogP contribution < -0.4 is 5.32 Å². The average Bonchev–Trinajstić information content (AvgIpc) is 2.14. The Morgan fingerprint density at radius 3 is 1.65 bits per heavy atom. The Morgan fingerprint density at radius 1 is 0.941 bits per heavy atom.